The van der Waals surface area contributed by atoms with E-state index in [0.717, 1.165) is 11.3 Å². The second kappa shape index (κ2) is 6.95. The van der Waals surface area contributed by atoms with Gasteiger partial charge < -0.3 is 10.1 Å². The number of aromatic nitrogens is 2. The summed E-state index contributed by atoms with van der Waals surface area (Å²) in [5.41, 5.74) is 1.41. The van der Waals surface area contributed by atoms with Crippen molar-refractivity contribution in [3.63, 3.8) is 0 Å². The van der Waals surface area contributed by atoms with Crippen LogP contribution in [0.25, 0.3) is 0 Å². The molecule has 1 N–H and O–H groups in total. The molecule has 1 amide bonds. The summed E-state index contributed by atoms with van der Waals surface area (Å²) in [6.45, 7) is 0.510. The van der Waals surface area contributed by atoms with E-state index >= 15 is 0 Å². The standard InChI is InChI=1S/C18H16FN3O2/c1-24-16-8-2-13(3-9-16)12-22-17(10-11-20-22)21-18(23)14-4-6-15(19)7-5-14/h2-11H,12H2,1H3,(H,21,23). The smallest absolute Gasteiger partial charge is 0.256 e. The maximum Gasteiger partial charge on any atom is 0.256 e. The number of hydrogen-bond donors (Lipinski definition) is 1. The molecule has 1 aromatic heterocycles. The summed E-state index contributed by atoms with van der Waals surface area (Å²) in [7, 11) is 1.62. The molecule has 0 unspecified atom stereocenters. The third-order valence-corrected chi connectivity index (χ3v) is 3.56. The zero-order valence-corrected chi connectivity index (χ0v) is 13.1. The Bertz CT molecular complexity index is 826. The molecule has 0 aliphatic heterocycles. The van der Waals surface area contributed by atoms with Gasteiger partial charge in [-0.05, 0) is 42.0 Å². The first-order chi connectivity index (χ1) is 11.7. The van der Waals surface area contributed by atoms with Gasteiger partial charge in [0.25, 0.3) is 5.91 Å². The predicted molar refractivity (Wildman–Crippen MR) is 88.7 cm³/mol. The summed E-state index contributed by atoms with van der Waals surface area (Å²) in [6.07, 6.45) is 1.61. The van der Waals surface area contributed by atoms with Gasteiger partial charge in [0.15, 0.2) is 0 Å². The highest BCUT2D eigenvalue weighted by Crippen LogP contribution is 2.15. The summed E-state index contributed by atoms with van der Waals surface area (Å²) < 4.78 is 19.7. The minimum Gasteiger partial charge on any atom is -0.497 e. The highest BCUT2D eigenvalue weighted by atomic mass is 19.1. The van der Waals surface area contributed by atoms with Crippen molar-refractivity contribution in [3.8, 4) is 5.75 Å². The number of rotatable bonds is 5. The average Bonchev–Trinajstić information content (AvgIpc) is 3.03. The Morgan fingerprint density at radius 1 is 1.12 bits per heavy atom. The number of benzene rings is 2. The molecule has 3 aromatic rings. The molecule has 0 saturated carbocycles. The van der Waals surface area contributed by atoms with Gasteiger partial charge in [-0.2, -0.15) is 5.10 Å². The predicted octanol–water partition coefficient (Wildman–Crippen LogP) is 3.33. The molecule has 0 aliphatic rings. The van der Waals surface area contributed by atoms with Gasteiger partial charge in [-0.1, -0.05) is 12.1 Å². The van der Waals surface area contributed by atoms with Crippen molar-refractivity contribution >= 4 is 11.7 Å². The fourth-order valence-corrected chi connectivity index (χ4v) is 2.26. The van der Waals surface area contributed by atoms with Crippen molar-refractivity contribution < 1.29 is 13.9 Å². The lowest BCUT2D eigenvalue weighted by Gasteiger charge is -2.10. The molecule has 122 valence electrons. The first-order valence-corrected chi connectivity index (χ1v) is 7.37. The molecular formula is C18H16FN3O2. The van der Waals surface area contributed by atoms with Crippen molar-refractivity contribution in [3.05, 3.63) is 77.7 Å². The molecular weight excluding hydrogens is 309 g/mol. The summed E-state index contributed by atoms with van der Waals surface area (Å²) in [5, 5.41) is 7.01. The Morgan fingerprint density at radius 3 is 2.50 bits per heavy atom. The fraction of sp³-hybridized carbons (Fsp3) is 0.111. The third kappa shape index (κ3) is 3.60. The van der Waals surface area contributed by atoms with Gasteiger partial charge >= 0.3 is 0 Å². The molecule has 2 aromatic carbocycles. The molecule has 0 aliphatic carbocycles. The molecule has 0 atom stereocenters. The molecule has 1 heterocycles. The van der Waals surface area contributed by atoms with Crippen molar-refractivity contribution in [2.45, 2.75) is 6.54 Å². The van der Waals surface area contributed by atoms with Crippen LogP contribution >= 0.6 is 0 Å². The number of amides is 1. The number of nitrogens with one attached hydrogen (secondary N) is 1. The normalized spacial score (nSPS) is 10.4. The van der Waals surface area contributed by atoms with Crippen LogP contribution < -0.4 is 10.1 Å². The number of methoxy groups -OCH3 is 1. The van der Waals surface area contributed by atoms with Crippen LogP contribution in [-0.4, -0.2) is 22.8 Å². The molecule has 0 radical (unpaired) electrons. The van der Waals surface area contributed by atoms with Gasteiger partial charge in [-0.25, -0.2) is 9.07 Å². The lowest BCUT2D eigenvalue weighted by molar-refractivity contribution is 0.102. The van der Waals surface area contributed by atoms with E-state index in [9.17, 15) is 9.18 Å². The minimum atomic E-state index is -0.379. The van der Waals surface area contributed by atoms with E-state index in [1.165, 1.54) is 24.3 Å². The summed E-state index contributed by atoms with van der Waals surface area (Å²) in [6, 6.07) is 14.7. The Morgan fingerprint density at radius 2 is 1.83 bits per heavy atom. The van der Waals surface area contributed by atoms with Gasteiger partial charge in [0.1, 0.15) is 17.4 Å². The van der Waals surface area contributed by atoms with Crippen LogP contribution in [0.1, 0.15) is 15.9 Å². The highest BCUT2D eigenvalue weighted by Gasteiger charge is 2.10. The van der Waals surface area contributed by atoms with Crippen LogP contribution in [0, 0.1) is 5.82 Å². The average molecular weight is 325 g/mol. The van der Waals surface area contributed by atoms with E-state index in [2.05, 4.69) is 10.4 Å². The van der Waals surface area contributed by atoms with E-state index < -0.39 is 0 Å². The van der Waals surface area contributed by atoms with Crippen molar-refractivity contribution in [1.82, 2.24) is 9.78 Å². The molecule has 6 heteroatoms. The summed E-state index contributed by atoms with van der Waals surface area (Å²) >= 11 is 0. The maximum atomic E-state index is 12.9. The molecule has 0 spiro atoms. The number of carbonyl (C=O) groups excluding carboxylic acids is 1. The van der Waals surface area contributed by atoms with Crippen LogP contribution in [0.3, 0.4) is 0 Å². The van der Waals surface area contributed by atoms with Crippen LogP contribution in [-0.2, 0) is 6.54 Å². The van der Waals surface area contributed by atoms with Crippen molar-refractivity contribution in [2.75, 3.05) is 12.4 Å². The quantitative estimate of drug-likeness (QED) is 0.783. The number of ether oxygens (including phenoxy) is 1. The SMILES string of the molecule is COc1ccc(Cn2nccc2NC(=O)c2ccc(F)cc2)cc1. The number of halogens is 1. The lowest BCUT2D eigenvalue weighted by atomic mass is 10.2. The number of nitrogens with zero attached hydrogens (tertiary/aromatic N) is 2. The van der Waals surface area contributed by atoms with Crippen LogP contribution in [0.15, 0.2) is 60.8 Å². The van der Waals surface area contributed by atoms with Gasteiger partial charge in [-0.3, -0.25) is 4.79 Å². The Hall–Kier alpha value is -3.15. The van der Waals surface area contributed by atoms with Crippen LogP contribution in [0.2, 0.25) is 0 Å². The Labute approximate surface area is 138 Å². The topological polar surface area (TPSA) is 56.1 Å². The second-order valence-corrected chi connectivity index (χ2v) is 5.18. The number of hydrogen-bond acceptors (Lipinski definition) is 3. The maximum absolute atomic E-state index is 12.9. The first-order valence-electron chi connectivity index (χ1n) is 7.37. The zero-order chi connectivity index (χ0) is 16.9. The van der Waals surface area contributed by atoms with E-state index in [0.29, 0.717) is 17.9 Å². The number of anilines is 1. The summed E-state index contributed by atoms with van der Waals surface area (Å²) in [5.74, 6) is 0.659. The largest absolute Gasteiger partial charge is 0.497 e. The number of carbonyl (C=O) groups is 1. The zero-order valence-electron chi connectivity index (χ0n) is 13.1. The van der Waals surface area contributed by atoms with Gasteiger partial charge in [0.05, 0.1) is 19.9 Å². The molecule has 0 saturated heterocycles. The molecule has 0 fully saturated rings. The van der Waals surface area contributed by atoms with Crippen molar-refractivity contribution in [1.29, 1.82) is 0 Å². The lowest BCUT2D eigenvalue weighted by Crippen LogP contribution is -2.16. The van der Waals surface area contributed by atoms with E-state index in [1.54, 1.807) is 24.1 Å². The molecule has 0 bridgehead atoms. The Kier molecular flexibility index (Phi) is 4.56. The molecule has 3 rings (SSSR count). The highest BCUT2D eigenvalue weighted by molar-refractivity contribution is 6.03. The third-order valence-electron chi connectivity index (χ3n) is 3.56. The van der Waals surface area contributed by atoms with Crippen molar-refractivity contribution in [2.24, 2.45) is 0 Å². The van der Waals surface area contributed by atoms with E-state index in [-0.39, 0.29) is 11.7 Å². The van der Waals surface area contributed by atoms with Gasteiger partial charge in [0, 0.05) is 11.6 Å². The molecule has 24 heavy (non-hydrogen) atoms. The molecule has 5 nitrogen and oxygen atoms in total. The van der Waals surface area contributed by atoms with E-state index in [4.69, 9.17) is 4.74 Å². The monoisotopic (exact) mass is 325 g/mol. The van der Waals surface area contributed by atoms with E-state index in [1.807, 2.05) is 24.3 Å². The minimum absolute atomic E-state index is 0.313. The summed E-state index contributed by atoms with van der Waals surface area (Å²) in [4.78, 5) is 12.2. The van der Waals surface area contributed by atoms with Gasteiger partial charge in [-0.15, -0.1) is 0 Å². The Balaban J connectivity index is 1.72. The first kappa shape index (κ1) is 15.7. The van der Waals surface area contributed by atoms with Crippen LogP contribution in [0.4, 0.5) is 10.2 Å². The van der Waals surface area contributed by atoms with Gasteiger partial charge in [0.2, 0.25) is 0 Å². The van der Waals surface area contributed by atoms with Crippen LogP contribution in [0.5, 0.6) is 5.75 Å². The second-order valence-electron chi connectivity index (χ2n) is 5.18. The fourth-order valence-electron chi connectivity index (χ4n) is 2.26.